The number of likely N-dealkylation sites (tertiary alicyclic amines) is 1. The van der Waals surface area contributed by atoms with Gasteiger partial charge in [-0.2, -0.15) is 0 Å². The molecule has 3 aromatic rings. The Balaban J connectivity index is 1.79. The molecule has 7 heteroatoms. The molecule has 2 aliphatic heterocycles. The Morgan fingerprint density at radius 3 is 2.27 bits per heavy atom. The summed E-state index contributed by atoms with van der Waals surface area (Å²) in [4.78, 5) is 31.5. The maximum Gasteiger partial charge on any atom is 0.263 e. The molecule has 0 bridgehead atoms. The van der Waals surface area contributed by atoms with Crippen LogP contribution in [0.2, 0.25) is 0 Å². The lowest BCUT2D eigenvalue weighted by atomic mass is 10.0. The summed E-state index contributed by atoms with van der Waals surface area (Å²) in [7, 11) is 5.16. The third-order valence-electron chi connectivity index (χ3n) is 6.89. The minimum atomic E-state index is -0.177. The molecule has 3 heterocycles. The molecular formula is C26H29N3O4. The zero-order valence-corrected chi connectivity index (χ0v) is 19.4. The lowest BCUT2D eigenvalue weighted by Gasteiger charge is -2.27. The second-order valence-electron chi connectivity index (χ2n) is 8.77. The minimum Gasteiger partial charge on any atom is -0.493 e. The van der Waals surface area contributed by atoms with E-state index >= 15 is 0 Å². The van der Waals surface area contributed by atoms with Crippen LogP contribution in [-0.4, -0.2) is 56.3 Å². The number of nitrogens with zero attached hydrogens (tertiary/aromatic N) is 3. The summed E-state index contributed by atoms with van der Waals surface area (Å²) in [6.07, 6.45) is 5.71. The molecule has 0 aliphatic carbocycles. The standard InChI is InChI=1S/C26H29N3O4/c1-27-13-10-17-21(27)8-7-9-22(17)29-16-20(25(30)28-11-5-4-6-12-28)18-14-23(32-2)24(33-3)15-19(18)26(29)31/h7-9,14-16H,4-6,10-13H2,1-3H3. The molecule has 1 amide bonds. The van der Waals surface area contributed by atoms with Crippen molar-refractivity contribution in [2.24, 2.45) is 0 Å². The largest absolute Gasteiger partial charge is 0.493 e. The predicted molar refractivity (Wildman–Crippen MR) is 129 cm³/mol. The van der Waals surface area contributed by atoms with E-state index in [-0.39, 0.29) is 11.5 Å². The van der Waals surface area contributed by atoms with Gasteiger partial charge in [0, 0.05) is 49.5 Å². The van der Waals surface area contributed by atoms with Crippen LogP contribution in [0.1, 0.15) is 35.2 Å². The van der Waals surface area contributed by atoms with Gasteiger partial charge < -0.3 is 19.3 Å². The van der Waals surface area contributed by atoms with Crippen molar-refractivity contribution in [3.8, 4) is 17.2 Å². The zero-order valence-electron chi connectivity index (χ0n) is 19.4. The summed E-state index contributed by atoms with van der Waals surface area (Å²) in [6.45, 7) is 2.37. The first-order valence-electron chi connectivity index (χ1n) is 11.5. The lowest BCUT2D eigenvalue weighted by molar-refractivity contribution is 0.0725. The van der Waals surface area contributed by atoms with Crippen molar-refractivity contribution in [3.05, 3.63) is 58.0 Å². The van der Waals surface area contributed by atoms with Crippen LogP contribution in [0, 0.1) is 0 Å². The molecule has 172 valence electrons. The van der Waals surface area contributed by atoms with E-state index in [4.69, 9.17) is 9.47 Å². The van der Waals surface area contributed by atoms with E-state index < -0.39 is 0 Å². The van der Waals surface area contributed by atoms with Crippen LogP contribution in [-0.2, 0) is 6.42 Å². The first-order chi connectivity index (χ1) is 16.0. The maximum absolute atomic E-state index is 13.8. The van der Waals surface area contributed by atoms with Crippen molar-refractivity contribution < 1.29 is 14.3 Å². The fourth-order valence-electron chi connectivity index (χ4n) is 5.08. The van der Waals surface area contributed by atoms with E-state index in [1.54, 1.807) is 37.1 Å². The number of rotatable bonds is 4. The normalized spacial score (nSPS) is 15.6. The van der Waals surface area contributed by atoms with Crippen molar-refractivity contribution in [3.63, 3.8) is 0 Å². The third-order valence-corrected chi connectivity index (χ3v) is 6.89. The fourth-order valence-corrected chi connectivity index (χ4v) is 5.08. The SMILES string of the molecule is COc1cc2c(C(=O)N3CCCCC3)cn(-c3cccc4c3CCN4C)c(=O)c2cc1OC. The molecule has 7 nitrogen and oxygen atoms in total. The van der Waals surface area contributed by atoms with Crippen molar-refractivity contribution >= 4 is 22.4 Å². The number of carbonyl (C=O) groups is 1. The summed E-state index contributed by atoms with van der Waals surface area (Å²) < 4.78 is 12.6. The number of carbonyl (C=O) groups excluding carboxylic acids is 1. The summed E-state index contributed by atoms with van der Waals surface area (Å²) in [5.74, 6) is 0.914. The van der Waals surface area contributed by atoms with Crippen molar-refractivity contribution in [2.45, 2.75) is 25.7 Å². The lowest BCUT2D eigenvalue weighted by Crippen LogP contribution is -2.36. The number of piperidine rings is 1. The number of methoxy groups -OCH3 is 2. The zero-order chi connectivity index (χ0) is 23.1. The minimum absolute atomic E-state index is 0.0506. The molecule has 5 rings (SSSR count). The average molecular weight is 448 g/mol. The smallest absolute Gasteiger partial charge is 0.263 e. The first kappa shape index (κ1) is 21.4. The molecule has 0 atom stereocenters. The van der Waals surface area contributed by atoms with Gasteiger partial charge in [-0.15, -0.1) is 0 Å². The number of ether oxygens (including phenoxy) is 2. The molecular weight excluding hydrogens is 418 g/mol. The van der Waals surface area contributed by atoms with Gasteiger partial charge in [0.2, 0.25) is 0 Å². The van der Waals surface area contributed by atoms with Crippen molar-refractivity contribution in [1.29, 1.82) is 0 Å². The molecule has 33 heavy (non-hydrogen) atoms. The molecule has 0 unspecified atom stereocenters. The van der Waals surface area contributed by atoms with Crippen LogP contribution in [0.3, 0.4) is 0 Å². The van der Waals surface area contributed by atoms with Gasteiger partial charge in [0.1, 0.15) is 0 Å². The highest BCUT2D eigenvalue weighted by Crippen LogP contribution is 2.35. The predicted octanol–water partition coefficient (Wildman–Crippen LogP) is 3.63. The quantitative estimate of drug-likeness (QED) is 0.611. The van der Waals surface area contributed by atoms with E-state index in [1.807, 2.05) is 17.0 Å². The number of benzene rings is 2. The molecule has 0 spiro atoms. The van der Waals surface area contributed by atoms with Gasteiger partial charge in [-0.25, -0.2) is 0 Å². The number of pyridine rings is 1. The Hall–Kier alpha value is -3.48. The Kier molecular flexibility index (Phi) is 5.48. The number of fused-ring (bicyclic) bond motifs is 2. The van der Waals surface area contributed by atoms with Crippen LogP contribution in [0.15, 0.2) is 41.3 Å². The van der Waals surface area contributed by atoms with Crippen LogP contribution in [0.25, 0.3) is 16.5 Å². The second-order valence-corrected chi connectivity index (χ2v) is 8.77. The van der Waals surface area contributed by atoms with Gasteiger partial charge in [-0.05, 0) is 49.9 Å². The number of aromatic nitrogens is 1. The Morgan fingerprint density at radius 2 is 1.58 bits per heavy atom. The monoisotopic (exact) mass is 447 g/mol. The topological polar surface area (TPSA) is 64.0 Å². The summed E-state index contributed by atoms with van der Waals surface area (Å²) in [5.41, 5.74) is 3.40. The highest BCUT2D eigenvalue weighted by Gasteiger charge is 2.26. The summed E-state index contributed by atoms with van der Waals surface area (Å²) >= 11 is 0. The van der Waals surface area contributed by atoms with Gasteiger partial charge in [0.15, 0.2) is 11.5 Å². The van der Waals surface area contributed by atoms with E-state index in [0.717, 1.165) is 62.3 Å². The Morgan fingerprint density at radius 1 is 0.909 bits per heavy atom. The Labute approximate surface area is 193 Å². The van der Waals surface area contributed by atoms with E-state index in [2.05, 4.69) is 18.0 Å². The molecule has 2 aromatic carbocycles. The highest BCUT2D eigenvalue weighted by molar-refractivity contribution is 6.07. The average Bonchev–Trinajstić information content (AvgIpc) is 3.24. The number of anilines is 1. The van der Waals surface area contributed by atoms with Crippen LogP contribution in [0.4, 0.5) is 5.69 Å². The third kappa shape index (κ3) is 3.52. The molecule has 2 aliphatic rings. The molecule has 1 fully saturated rings. The molecule has 0 N–H and O–H groups in total. The van der Waals surface area contributed by atoms with Crippen LogP contribution in [0.5, 0.6) is 11.5 Å². The van der Waals surface area contributed by atoms with Crippen LogP contribution < -0.4 is 19.9 Å². The number of hydrogen-bond acceptors (Lipinski definition) is 5. The van der Waals surface area contributed by atoms with Gasteiger partial charge in [0.25, 0.3) is 11.5 Å². The Bertz CT molecular complexity index is 1290. The van der Waals surface area contributed by atoms with Gasteiger partial charge in [-0.3, -0.25) is 14.2 Å². The molecule has 0 radical (unpaired) electrons. The highest BCUT2D eigenvalue weighted by atomic mass is 16.5. The van der Waals surface area contributed by atoms with Gasteiger partial charge in [0.05, 0.1) is 30.9 Å². The maximum atomic E-state index is 13.8. The van der Waals surface area contributed by atoms with Crippen LogP contribution >= 0.6 is 0 Å². The summed E-state index contributed by atoms with van der Waals surface area (Å²) in [6, 6.07) is 9.44. The van der Waals surface area contributed by atoms with Crippen molar-refractivity contribution in [2.75, 3.05) is 45.8 Å². The first-order valence-corrected chi connectivity index (χ1v) is 11.5. The van der Waals surface area contributed by atoms with E-state index in [1.165, 1.54) is 0 Å². The molecule has 0 saturated carbocycles. The van der Waals surface area contributed by atoms with E-state index in [9.17, 15) is 9.59 Å². The number of likely N-dealkylation sites (N-methyl/N-ethyl adjacent to an activating group) is 1. The molecule has 1 saturated heterocycles. The molecule has 1 aromatic heterocycles. The van der Waals surface area contributed by atoms with Gasteiger partial charge >= 0.3 is 0 Å². The number of hydrogen-bond donors (Lipinski definition) is 0. The van der Waals surface area contributed by atoms with E-state index in [0.29, 0.717) is 27.8 Å². The van der Waals surface area contributed by atoms with Gasteiger partial charge in [-0.1, -0.05) is 6.07 Å². The number of amides is 1. The van der Waals surface area contributed by atoms with Crippen molar-refractivity contribution in [1.82, 2.24) is 9.47 Å². The second kappa shape index (κ2) is 8.46. The summed E-state index contributed by atoms with van der Waals surface area (Å²) in [5, 5.41) is 1.04. The fraction of sp³-hybridized carbons (Fsp3) is 0.385.